The zero-order chi connectivity index (χ0) is 11.0. The lowest BCUT2D eigenvalue weighted by molar-refractivity contribution is -0.128. The van der Waals surface area contributed by atoms with Gasteiger partial charge in [-0.2, -0.15) is 0 Å². The van der Waals surface area contributed by atoms with Crippen LogP contribution in [0.15, 0.2) is 0 Å². The molecule has 1 atom stereocenters. The molecule has 0 aromatic carbocycles. The van der Waals surface area contributed by atoms with Crippen molar-refractivity contribution in [2.24, 2.45) is 5.92 Å². The highest BCUT2D eigenvalue weighted by molar-refractivity contribution is 5.85. The fourth-order valence-electron chi connectivity index (χ4n) is 1.22. The molecule has 0 spiro atoms. The van der Waals surface area contributed by atoms with Crippen molar-refractivity contribution in [3.05, 3.63) is 0 Å². The molecule has 82 valence electrons. The van der Waals surface area contributed by atoms with Gasteiger partial charge in [0.05, 0.1) is 0 Å². The molecule has 0 aliphatic carbocycles. The third-order valence-corrected chi connectivity index (χ3v) is 2.07. The van der Waals surface area contributed by atoms with Gasteiger partial charge >= 0.3 is 0 Å². The SMILES string of the molecule is CCC(CC(C)=O)C(=O)NCCNC. The van der Waals surface area contributed by atoms with Crippen LogP contribution in [0.25, 0.3) is 0 Å². The van der Waals surface area contributed by atoms with Gasteiger partial charge in [-0.05, 0) is 20.4 Å². The molecule has 0 rings (SSSR count). The van der Waals surface area contributed by atoms with Gasteiger partial charge in [0.15, 0.2) is 0 Å². The van der Waals surface area contributed by atoms with Crippen LogP contribution in [0.4, 0.5) is 0 Å². The molecular weight excluding hydrogens is 180 g/mol. The monoisotopic (exact) mass is 200 g/mol. The second kappa shape index (κ2) is 7.50. The van der Waals surface area contributed by atoms with Crippen LogP contribution in [-0.4, -0.2) is 31.8 Å². The first-order chi connectivity index (χ1) is 6.61. The highest BCUT2D eigenvalue weighted by atomic mass is 16.2. The summed E-state index contributed by atoms with van der Waals surface area (Å²) >= 11 is 0. The molecule has 0 heterocycles. The number of carbonyl (C=O) groups excluding carboxylic acids is 2. The van der Waals surface area contributed by atoms with Crippen LogP contribution >= 0.6 is 0 Å². The molecule has 0 fully saturated rings. The van der Waals surface area contributed by atoms with E-state index in [0.717, 1.165) is 6.54 Å². The molecule has 4 heteroatoms. The van der Waals surface area contributed by atoms with Gasteiger partial charge in [-0.15, -0.1) is 0 Å². The van der Waals surface area contributed by atoms with Crippen molar-refractivity contribution in [2.75, 3.05) is 20.1 Å². The fraction of sp³-hybridized carbons (Fsp3) is 0.800. The number of Topliss-reactive ketones (excluding diaryl/α,β-unsaturated/α-hetero) is 1. The first kappa shape index (κ1) is 13.1. The number of carbonyl (C=O) groups is 2. The summed E-state index contributed by atoms with van der Waals surface area (Å²) in [5.74, 6) is -0.108. The maximum absolute atomic E-state index is 11.5. The minimum Gasteiger partial charge on any atom is -0.355 e. The standard InChI is InChI=1S/C10H20N2O2/c1-4-9(7-8(2)13)10(14)12-6-5-11-3/h9,11H,4-7H2,1-3H3,(H,12,14). The summed E-state index contributed by atoms with van der Waals surface area (Å²) in [6.07, 6.45) is 1.06. The van der Waals surface area contributed by atoms with Crippen molar-refractivity contribution in [3.63, 3.8) is 0 Å². The average molecular weight is 200 g/mol. The maximum Gasteiger partial charge on any atom is 0.223 e. The van der Waals surface area contributed by atoms with Gasteiger partial charge < -0.3 is 15.4 Å². The van der Waals surface area contributed by atoms with Crippen LogP contribution in [0.2, 0.25) is 0 Å². The highest BCUT2D eigenvalue weighted by Gasteiger charge is 2.17. The molecule has 2 N–H and O–H groups in total. The zero-order valence-corrected chi connectivity index (χ0v) is 9.22. The number of nitrogens with one attached hydrogen (secondary N) is 2. The van der Waals surface area contributed by atoms with Gasteiger partial charge in [-0.3, -0.25) is 4.79 Å². The Morgan fingerprint density at radius 1 is 1.29 bits per heavy atom. The van der Waals surface area contributed by atoms with Crippen LogP contribution in [-0.2, 0) is 9.59 Å². The van der Waals surface area contributed by atoms with Gasteiger partial charge in [-0.25, -0.2) is 0 Å². The van der Waals surface area contributed by atoms with Crippen molar-refractivity contribution < 1.29 is 9.59 Å². The smallest absolute Gasteiger partial charge is 0.223 e. The molecule has 0 aliphatic heterocycles. The van der Waals surface area contributed by atoms with Crippen LogP contribution < -0.4 is 10.6 Å². The molecule has 1 unspecified atom stereocenters. The molecule has 0 aromatic heterocycles. The molecule has 0 aromatic rings. The van der Waals surface area contributed by atoms with Crippen LogP contribution in [0, 0.1) is 5.92 Å². The predicted molar refractivity (Wildman–Crippen MR) is 56.0 cm³/mol. The molecule has 4 nitrogen and oxygen atoms in total. The van der Waals surface area contributed by atoms with E-state index in [9.17, 15) is 9.59 Å². The van der Waals surface area contributed by atoms with E-state index < -0.39 is 0 Å². The number of ketones is 1. The van der Waals surface area contributed by atoms with E-state index in [1.807, 2.05) is 14.0 Å². The second-order valence-corrected chi connectivity index (χ2v) is 3.41. The predicted octanol–water partition coefficient (Wildman–Crippen LogP) is 0.327. The summed E-state index contributed by atoms with van der Waals surface area (Å²) in [4.78, 5) is 22.3. The molecule has 0 aliphatic rings. The topological polar surface area (TPSA) is 58.2 Å². The second-order valence-electron chi connectivity index (χ2n) is 3.41. The number of amides is 1. The van der Waals surface area contributed by atoms with Crippen LogP contribution in [0.1, 0.15) is 26.7 Å². The van der Waals surface area contributed by atoms with Gasteiger partial charge in [-0.1, -0.05) is 6.92 Å². The lowest BCUT2D eigenvalue weighted by Crippen LogP contribution is -2.35. The van der Waals surface area contributed by atoms with E-state index >= 15 is 0 Å². The summed E-state index contributed by atoms with van der Waals surface area (Å²) in [7, 11) is 1.83. The summed E-state index contributed by atoms with van der Waals surface area (Å²) in [6.45, 7) is 4.81. The lowest BCUT2D eigenvalue weighted by atomic mass is 9.99. The molecule has 1 amide bonds. The Bertz CT molecular complexity index is 193. The molecule has 14 heavy (non-hydrogen) atoms. The first-order valence-corrected chi connectivity index (χ1v) is 5.03. The highest BCUT2D eigenvalue weighted by Crippen LogP contribution is 2.08. The Hall–Kier alpha value is -0.900. The van der Waals surface area contributed by atoms with Crippen molar-refractivity contribution in [1.29, 1.82) is 0 Å². The van der Waals surface area contributed by atoms with Gasteiger partial charge in [0.1, 0.15) is 5.78 Å². The molecule has 0 bridgehead atoms. The summed E-state index contributed by atoms with van der Waals surface area (Å²) in [5.41, 5.74) is 0. The fourth-order valence-corrected chi connectivity index (χ4v) is 1.22. The molecule has 0 radical (unpaired) electrons. The lowest BCUT2D eigenvalue weighted by Gasteiger charge is -2.13. The Kier molecular flexibility index (Phi) is 7.02. The van der Waals surface area contributed by atoms with E-state index in [-0.39, 0.29) is 17.6 Å². The van der Waals surface area contributed by atoms with Gasteiger partial charge in [0.2, 0.25) is 5.91 Å². The number of likely N-dealkylation sites (N-methyl/N-ethyl adjacent to an activating group) is 1. The number of rotatable bonds is 7. The summed E-state index contributed by atoms with van der Waals surface area (Å²) < 4.78 is 0. The normalized spacial score (nSPS) is 12.2. The minimum atomic E-state index is -0.163. The third kappa shape index (κ3) is 5.70. The number of hydrogen-bond acceptors (Lipinski definition) is 3. The zero-order valence-electron chi connectivity index (χ0n) is 9.22. The van der Waals surface area contributed by atoms with E-state index in [4.69, 9.17) is 0 Å². The van der Waals surface area contributed by atoms with Crippen molar-refractivity contribution in [3.8, 4) is 0 Å². The van der Waals surface area contributed by atoms with Crippen LogP contribution in [0.3, 0.4) is 0 Å². The van der Waals surface area contributed by atoms with Crippen molar-refractivity contribution in [1.82, 2.24) is 10.6 Å². The van der Waals surface area contributed by atoms with Crippen molar-refractivity contribution >= 4 is 11.7 Å². The Labute approximate surface area is 85.4 Å². The quantitative estimate of drug-likeness (QED) is 0.582. The van der Waals surface area contributed by atoms with Gasteiger partial charge in [0.25, 0.3) is 0 Å². The van der Waals surface area contributed by atoms with E-state index in [1.165, 1.54) is 6.92 Å². The Balaban J connectivity index is 3.85. The van der Waals surface area contributed by atoms with Gasteiger partial charge in [0, 0.05) is 25.4 Å². The third-order valence-electron chi connectivity index (χ3n) is 2.07. The van der Waals surface area contributed by atoms with E-state index in [1.54, 1.807) is 0 Å². The largest absolute Gasteiger partial charge is 0.355 e. The summed E-state index contributed by atoms with van der Waals surface area (Å²) in [5, 5.41) is 5.73. The van der Waals surface area contributed by atoms with Crippen molar-refractivity contribution in [2.45, 2.75) is 26.7 Å². The Morgan fingerprint density at radius 2 is 1.93 bits per heavy atom. The van der Waals surface area contributed by atoms with E-state index in [2.05, 4.69) is 10.6 Å². The average Bonchev–Trinajstić information content (AvgIpc) is 2.14. The first-order valence-electron chi connectivity index (χ1n) is 5.03. The van der Waals surface area contributed by atoms with E-state index in [0.29, 0.717) is 19.4 Å². The van der Waals surface area contributed by atoms with Crippen LogP contribution in [0.5, 0.6) is 0 Å². The molecule has 0 saturated heterocycles. The maximum atomic E-state index is 11.5. The Morgan fingerprint density at radius 3 is 2.36 bits per heavy atom. The molecule has 0 saturated carbocycles. The number of hydrogen-bond donors (Lipinski definition) is 2. The minimum absolute atomic E-state index is 0.0158. The molecular formula is C10H20N2O2. The summed E-state index contributed by atoms with van der Waals surface area (Å²) in [6, 6.07) is 0.